The van der Waals surface area contributed by atoms with E-state index in [1.54, 1.807) is 0 Å². The van der Waals surface area contributed by atoms with Crippen molar-refractivity contribution in [3.63, 3.8) is 0 Å². The van der Waals surface area contributed by atoms with Crippen LogP contribution in [0.2, 0.25) is 0 Å². The summed E-state index contributed by atoms with van der Waals surface area (Å²) >= 11 is 0. The van der Waals surface area contributed by atoms with Crippen molar-refractivity contribution in [2.24, 2.45) is 10.7 Å². The lowest BCUT2D eigenvalue weighted by Crippen LogP contribution is -2.33. The van der Waals surface area contributed by atoms with Gasteiger partial charge in [0.15, 0.2) is 5.96 Å². The monoisotopic (exact) mass is 226 g/mol. The molecular weight excluding hydrogens is 200 g/mol. The van der Waals surface area contributed by atoms with Crippen molar-refractivity contribution in [2.75, 3.05) is 26.2 Å². The summed E-state index contributed by atoms with van der Waals surface area (Å²) in [7, 11) is 0. The Labute approximate surface area is 99.3 Å². The zero-order chi connectivity index (χ0) is 11.8. The van der Waals surface area contributed by atoms with Crippen molar-refractivity contribution in [1.29, 1.82) is 0 Å². The van der Waals surface area contributed by atoms with Gasteiger partial charge < -0.3 is 16.0 Å². The fourth-order valence-electron chi connectivity index (χ4n) is 1.67. The summed E-state index contributed by atoms with van der Waals surface area (Å²) in [5.74, 6) is 0.630. The highest BCUT2D eigenvalue weighted by molar-refractivity contribution is 5.78. The molecule has 0 atom stereocenters. The molecule has 0 radical (unpaired) electrons. The van der Waals surface area contributed by atoms with Gasteiger partial charge in [0.05, 0.1) is 0 Å². The van der Waals surface area contributed by atoms with Gasteiger partial charge in [0.1, 0.15) is 0 Å². The van der Waals surface area contributed by atoms with Crippen molar-refractivity contribution < 1.29 is 0 Å². The van der Waals surface area contributed by atoms with Crippen LogP contribution >= 0.6 is 0 Å². The number of nitrogens with one attached hydrogen (secondary N) is 1. The van der Waals surface area contributed by atoms with Crippen molar-refractivity contribution in [3.8, 4) is 0 Å². The number of hydrogen-bond donors (Lipinski definition) is 2. The molecule has 4 nitrogen and oxygen atoms in total. The number of aliphatic imine (C=N–C) groups is 1. The SMILES string of the molecule is CCN(CC)CCCCN=C(N)NC1CC1. The third-order valence-electron chi connectivity index (χ3n) is 2.99. The van der Waals surface area contributed by atoms with Crippen LogP contribution in [0.15, 0.2) is 4.99 Å². The second-order valence-electron chi connectivity index (χ2n) is 4.42. The third kappa shape index (κ3) is 5.95. The Hall–Kier alpha value is -0.770. The minimum atomic E-state index is 0.611. The van der Waals surface area contributed by atoms with Crippen LogP contribution in [0.4, 0.5) is 0 Å². The molecule has 0 bridgehead atoms. The lowest BCUT2D eigenvalue weighted by atomic mass is 10.3. The molecule has 0 heterocycles. The summed E-state index contributed by atoms with van der Waals surface area (Å²) < 4.78 is 0. The molecule has 4 heteroatoms. The normalized spacial score (nSPS) is 16.8. The smallest absolute Gasteiger partial charge is 0.188 e. The van der Waals surface area contributed by atoms with E-state index in [1.165, 1.54) is 25.8 Å². The average Bonchev–Trinajstić information content (AvgIpc) is 3.07. The van der Waals surface area contributed by atoms with E-state index in [2.05, 4.69) is 29.1 Å². The first kappa shape index (κ1) is 13.3. The molecule has 1 aliphatic carbocycles. The molecule has 16 heavy (non-hydrogen) atoms. The van der Waals surface area contributed by atoms with Gasteiger partial charge in [-0.25, -0.2) is 0 Å². The average molecular weight is 226 g/mol. The first-order valence-corrected chi connectivity index (χ1v) is 6.55. The van der Waals surface area contributed by atoms with Gasteiger partial charge in [-0.2, -0.15) is 0 Å². The summed E-state index contributed by atoms with van der Waals surface area (Å²) in [5, 5.41) is 3.19. The molecule has 0 aliphatic heterocycles. The van der Waals surface area contributed by atoms with Crippen LogP contribution in [0.1, 0.15) is 39.5 Å². The Bertz CT molecular complexity index is 207. The van der Waals surface area contributed by atoms with E-state index in [9.17, 15) is 0 Å². The molecule has 0 aromatic carbocycles. The Kier molecular flexibility index (Phi) is 6.23. The van der Waals surface area contributed by atoms with Gasteiger partial charge in [-0.1, -0.05) is 13.8 Å². The Morgan fingerprint density at radius 1 is 1.31 bits per heavy atom. The summed E-state index contributed by atoms with van der Waals surface area (Å²) in [5.41, 5.74) is 5.74. The highest BCUT2D eigenvalue weighted by atomic mass is 15.1. The molecule has 0 saturated heterocycles. The van der Waals surface area contributed by atoms with E-state index in [1.807, 2.05) is 0 Å². The van der Waals surface area contributed by atoms with Crippen molar-refractivity contribution >= 4 is 5.96 Å². The zero-order valence-corrected chi connectivity index (χ0v) is 10.7. The maximum atomic E-state index is 5.74. The van der Waals surface area contributed by atoms with Crippen LogP contribution in [0, 0.1) is 0 Å². The highest BCUT2D eigenvalue weighted by Crippen LogP contribution is 2.17. The lowest BCUT2D eigenvalue weighted by molar-refractivity contribution is 0.297. The number of nitrogens with two attached hydrogens (primary N) is 1. The van der Waals surface area contributed by atoms with Crippen LogP contribution in [0.25, 0.3) is 0 Å². The van der Waals surface area contributed by atoms with Crippen LogP contribution in [0.5, 0.6) is 0 Å². The molecule has 0 aromatic rings. The second kappa shape index (κ2) is 7.49. The van der Waals surface area contributed by atoms with E-state index in [0.29, 0.717) is 12.0 Å². The quantitative estimate of drug-likeness (QED) is 0.371. The fourth-order valence-corrected chi connectivity index (χ4v) is 1.67. The molecule has 1 aliphatic rings. The molecular formula is C12H26N4. The van der Waals surface area contributed by atoms with Crippen LogP contribution in [-0.2, 0) is 0 Å². The molecule has 0 unspecified atom stereocenters. The molecule has 3 N–H and O–H groups in total. The Morgan fingerprint density at radius 3 is 2.56 bits per heavy atom. The predicted molar refractivity (Wildman–Crippen MR) is 69.7 cm³/mol. The third-order valence-corrected chi connectivity index (χ3v) is 2.99. The first-order chi connectivity index (χ1) is 7.76. The van der Waals surface area contributed by atoms with Crippen molar-refractivity contribution in [3.05, 3.63) is 0 Å². The van der Waals surface area contributed by atoms with Gasteiger partial charge in [-0.05, 0) is 45.3 Å². The minimum Gasteiger partial charge on any atom is -0.370 e. The van der Waals surface area contributed by atoms with E-state index in [-0.39, 0.29) is 0 Å². The van der Waals surface area contributed by atoms with Crippen LogP contribution < -0.4 is 11.1 Å². The lowest BCUT2D eigenvalue weighted by Gasteiger charge is -2.17. The Morgan fingerprint density at radius 2 is 2.00 bits per heavy atom. The summed E-state index contributed by atoms with van der Waals surface area (Å²) in [6.45, 7) is 8.74. The van der Waals surface area contributed by atoms with Crippen molar-refractivity contribution in [2.45, 2.75) is 45.6 Å². The molecule has 0 spiro atoms. The van der Waals surface area contributed by atoms with E-state index in [0.717, 1.165) is 26.1 Å². The van der Waals surface area contributed by atoms with E-state index in [4.69, 9.17) is 5.73 Å². The number of rotatable bonds is 8. The number of hydrogen-bond acceptors (Lipinski definition) is 2. The largest absolute Gasteiger partial charge is 0.370 e. The van der Waals surface area contributed by atoms with Gasteiger partial charge >= 0.3 is 0 Å². The van der Waals surface area contributed by atoms with E-state index < -0.39 is 0 Å². The second-order valence-corrected chi connectivity index (χ2v) is 4.42. The maximum absolute atomic E-state index is 5.74. The van der Waals surface area contributed by atoms with E-state index >= 15 is 0 Å². The maximum Gasteiger partial charge on any atom is 0.188 e. The molecule has 1 rings (SSSR count). The fraction of sp³-hybridized carbons (Fsp3) is 0.917. The van der Waals surface area contributed by atoms with Gasteiger partial charge in [0.2, 0.25) is 0 Å². The summed E-state index contributed by atoms with van der Waals surface area (Å²) in [4.78, 5) is 6.76. The number of guanidine groups is 1. The predicted octanol–water partition coefficient (Wildman–Crippen LogP) is 1.18. The van der Waals surface area contributed by atoms with Gasteiger partial charge in [-0.15, -0.1) is 0 Å². The summed E-state index contributed by atoms with van der Waals surface area (Å²) in [6, 6.07) is 0.611. The van der Waals surface area contributed by atoms with Gasteiger partial charge in [-0.3, -0.25) is 4.99 Å². The zero-order valence-electron chi connectivity index (χ0n) is 10.7. The molecule has 0 amide bonds. The Balaban J connectivity index is 1.97. The van der Waals surface area contributed by atoms with Gasteiger partial charge in [0.25, 0.3) is 0 Å². The molecule has 0 aromatic heterocycles. The first-order valence-electron chi connectivity index (χ1n) is 6.55. The van der Waals surface area contributed by atoms with Crippen LogP contribution in [-0.4, -0.2) is 43.1 Å². The minimum absolute atomic E-state index is 0.611. The molecule has 1 fully saturated rings. The van der Waals surface area contributed by atoms with Crippen molar-refractivity contribution in [1.82, 2.24) is 10.2 Å². The van der Waals surface area contributed by atoms with Crippen LogP contribution in [0.3, 0.4) is 0 Å². The highest BCUT2D eigenvalue weighted by Gasteiger charge is 2.21. The topological polar surface area (TPSA) is 53.6 Å². The molecule has 1 saturated carbocycles. The summed E-state index contributed by atoms with van der Waals surface area (Å²) in [6.07, 6.45) is 4.84. The standard InChI is InChI=1S/C12H26N4/c1-3-16(4-2)10-6-5-9-14-12(13)15-11-7-8-11/h11H,3-10H2,1-2H3,(H3,13,14,15). The number of nitrogens with zero attached hydrogens (tertiary/aromatic N) is 2. The van der Waals surface area contributed by atoms with Gasteiger partial charge in [0, 0.05) is 12.6 Å². The number of unbranched alkanes of at least 4 members (excludes halogenated alkanes) is 1. The molecule has 94 valence electrons.